The van der Waals surface area contributed by atoms with E-state index in [1.807, 2.05) is 20.9 Å². The molecule has 0 aliphatic carbocycles. The first-order chi connectivity index (χ1) is 11.3. The summed E-state index contributed by atoms with van der Waals surface area (Å²) in [6.45, 7) is 5.36. The fraction of sp³-hybridized carbons (Fsp3) is 0.278. The molecule has 0 unspecified atom stereocenters. The SMILES string of the molecule is Cc1nn(C)c(C)c1/C=C/C(=O)O[C@H](C)C(=O)c1ccc(Br)cc1. The third-order valence-electron chi connectivity index (χ3n) is 3.74. The van der Waals surface area contributed by atoms with E-state index in [9.17, 15) is 9.59 Å². The second-order valence-electron chi connectivity index (χ2n) is 5.49. The smallest absolute Gasteiger partial charge is 0.331 e. The Morgan fingerprint density at radius 2 is 1.88 bits per heavy atom. The normalized spacial score (nSPS) is 12.4. The molecule has 6 heteroatoms. The van der Waals surface area contributed by atoms with Crippen molar-refractivity contribution in [2.24, 2.45) is 7.05 Å². The van der Waals surface area contributed by atoms with Crippen molar-refractivity contribution in [3.8, 4) is 0 Å². The van der Waals surface area contributed by atoms with Crippen LogP contribution in [0.1, 0.15) is 34.2 Å². The molecule has 0 saturated heterocycles. The van der Waals surface area contributed by atoms with Crippen molar-refractivity contribution in [1.29, 1.82) is 0 Å². The molecule has 2 rings (SSSR count). The van der Waals surface area contributed by atoms with E-state index in [0.29, 0.717) is 5.56 Å². The van der Waals surface area contributed by atoms with Gasteiger partial charge in [0.15, 0.2) is 6.10 Å². The molecule has 0 saturated carbocycles. The van der Waals surface area contributed by atoms with Gasteiger partial charge in [0, 0.05) is 34.4 Å². The first kappa shape index (κ1) is 18.1. The average molecular weight is 391 g/mol. The lowest BCUT2D eigenvalue weighted by atomic mass is 10.1. The minimum atomic E-state index is -0.848. The maximum absolute atomic E-state index is 12.2. The lowest BCUT2D eigenvalue weighted by Crippen LogP contribution is -2.23. The summed E-state index contributed by atoms with van der Waals surface area (Å²) in [5, 5.41) is 4.28. The first-order valence-electron chi connectivity index (χ1n) is 7.48. The Bertz CT molecular complexity index is 791. The Hall–Kier alpha value is -2.21. The molecule has 24 heavy (non-hydrogen) atoms. The number of aromatic nitrogens is 2. The Morgan fingerprint density at radius 3 is 2.42 bits per heavy atom. The van der Waals surface area contributed by atoms with Gasteiger partial charge >= 0.3 is 5.97 Å². The van der Waals surface area contributed by atoms with Crippen LogP contribution in [0.5, 0.6) is 0 Å². The van der Waals surface area contributed by atoms with Gasteiger partial charge in [0.1, 0.15) is 0 Å². The zero-order chi connectivity index (χ0) is 17.9. The number of nitrogens with zero attached hydrogens (tertiary/aromatic N) is 2. The molecule has 0 radical (unpaired) electrons. The number of halogens is 1. The fourth-order valence-corrected chi connectivity index (χ4v) is 2.56. The molecular weight excluding hydrogens is 372 g/mol. The maximum Gasteiger partial charge on any atom is 0.331 e. The quantitative estimate of drug-likeness (QED) is 0.444. The van der Waals surface area contributed by atoms with Gasteiger partial charge in [-0.25, -0.2) is 4.79 Å². The molecule has 0 aliphatic heterocycles. The van der Waals surface area contributed by atoms with Gasteiger partial charge in [-0.15, -0.1) is 0 Å². The summed E-state index contributed by atoms with van der Waals surface area (Å²) < 4.78 is 7.82. The lowest BCUT2D eigenvalue weighted by Gasteiger charge is -2.10. The van der Waals surface area contributed by atoms with Gasteiger partial charge in [0.2, 0.25) is 5.78 Å². The van der Waals surface area contributed by atoms with Crippen molar-refractivity contribution in [3.05, 3.63) is 57.3 Å². The molecule has 0 spiro atoms. The van der Waals surface area contributed by atoms with Crippen molar-refractivity contribution >= 4 is 33.8 Å². The molecule has 0 bridgehead atoms. The van der Waals surface area contributed by atoms with Crippen LogP contribution in [0.4, 0.5) is 0 Å². The first-order valence-corrected chi connectivity index (χ1v) is 8.27. The summed E-state index contributed by atoms with van der Waals surface area (Å²) >= 11 is 3.32. The highest BCUT2D eigenvalue weighted by Crippen LogP contribution is 2.15. The highest BCUT2D eigenvalue weighted by Gasteiger charge is 2.18. The Morgan fingerprint density at radius 1 is 1.25 bits per heavy atom. The Kier molecular flexibility index (Phi) is 5.72. The van der Waals surface area contributed by atoms with E-state index in [-0.39, 0.29) is 5.78 Å². The molecule has 2 aromatic rings. The number of Topliss-reactive ketones (excluding diaryl/α,β-unsaturated/α-hetero) is 1. The van der Waals surface area contributed by atoms with Crippen LogP contribution >= 0.6 is 15.9 Å². The molecule has 1 aromatic heterocycles. The molecule has 0 amide bonds. The third kappa shape index (κ3) is 4.20. The zero-order valence-electron chi connectivity index (χ0n) is 14.0. The molecule has 0 aliphatic rings. The second-order valence-corrected chi connectivity index (χ2v) is 6.41. The topological polar surface area (TPSA) is 61.2 Å². The summed E-state index contributed by atoms with van der Waals surface area (Å²) in [6, 6.07) is 6.93. The van der Waals surface area contributed by atoms with Gasteiger partial charge in [0.25, 0.3) is 0 Å². The van der Waals surface area contributed by atoms with Crippen LogP contribution in [0, 0.1) is 13.8 Å². The van der Waals surface area contributed by atoms with Crippen LogP contribution in [-0.2, 0) is 16.6 Å². The van der Waals surface area contributed by atoms with Crippen LogP contribution < -0.4 is 0 Å². The number of aryl methyl sites for hydroxylation is 2. The monoisotopic (exact) mass is 390 g/mol. The van der Waals surface area contributed by atoms with Crippen molar-refractivity contribution in [1.82, 2.24) is 9.78 Å². The largest absolute Gasteiger partial charge is 0.451 e. The molecule has 0 fully saturated rings. The molecule has 0 N–H and O–H groups in total. The molecule has 1 aromatic carbocycles. The minimum Gasteiger partial charge on any atom is -0.451 e. The van der Waals surface area contributed by atoms with Crippen LogP contribution in [0.15, 0.2) is 34.8 Å². The van der Waals surface area contributed by atoms with E-state index < -0.39 is 12.1 Å². The summed E-state index contributed by atoms with van der Waals surface area (Å²) in [7, 11) is 1.84. The van der Waals surface area contributed by atoms with E-state index >= 15 is 0 Å². The molecule has 126 valence electrons. The van der Waals surface area contributed by atoms with E-state index in [1.54, 1.807) is 41.9 Å². The van der Waals surface area contributed by atoms with E-state index in [0.717, 1.165) is 21.4 Å². The number of carbonyl (C=O) groups excluding carboxylic acids is 2. The van der Waals surface area contributed by atoms with Gasteiger partial charge < -0.3 is 4.74 Å². The molecular formula is C18H19BrN2O3. The average Bonchev–Trinajstić information content (AvgIpc) is 2.78. The molecule has 5 nitrogen and oxygen atoms in total. The van der Waals surface area contributed by atoms with Gasteiger partial charge in [-0.1, -0.05) is 28.1 Å². The predicted octanol–water partition coefficient (Wildman–Crippen LogP) is 3.63. The highest BCUT2D eigenvalue weighted by molar-refractivity contribution is 9.10. The second kappa shape index (κ2) is 7.57. The molecule has 1 atom stereocenters. The summed E-state index contributed by atoms with van der Waals surface area (Å²) in [5.41, 5.74) is 3.16. The molecule has 1 heterocycles. The maximum atomic E-state index is 12.2. The van der Waals surface area contributed by atoms with E-state index in [2.05, 4.69) is 21.0 Å². The van der Waals surface area contributed by atoms with E-state index in [4.69, 9.17) is 4.74 Å². The lowest BCUT2D eigenvalue weighted by molar-refractivity contribution is -0.140. The number of ether oxygens (including phenoxy) is 1. The number of rotatable bonds is 5. The van der Waals surface area contributed by atoms with Crippen LogP contribution in [-0.4, -0.2) is 27.6 Å². The minimum absolute atomic E-state index is 0.238. The summed E-state index contributed by atoms with van der Waals surface area (Å²) in [6.07, 6.45) is 2.14. The van der Waals surface area contributed by atoms with Crippen molar-refractivity contribution in [2.45, 2.75) is 26.9 Å². The van der Waals surface area contributed by atoms with E-state index in [1.165, 1.54) is 6.08 Å². The zero-order valence-corrected chi connectivity index (χ0v) is 15.6. The third-order valence-corrected chi connectivity index (χ3v) is 4.27. The Labute approximate surface area is 149 Å². The van der Waals surface area contributed by atoms with Crippen molar-refractivity contribution in [2.75, 3.05) is 0 Å². The number of carbonyl (C=O) groups is 2. The van der Waals surface area contributed by atoms with Gasteiger partial charge in [-0.05, 0) is 39.0 Å². The fourth-order valence-electron chi connectivity index (χ4n) is 2.30. The van der Waals surface area contributed by atoms with Crippen molar-refractivity contribution in [3.63, 3.8) is 0 Å². The number of hydrogen-bond donors (Lipinski definition) is 0. The highest BCUT2D eigenvalue weighted by atomic mass is 79.9. The number of hydrogen-bond acceptors (Lipinski definition) is 4. The van der Waals surface area contributed by atoms with Crippen molar-refractivity contribution < 1.29 is 14.3 Å². The van der Waals surface area contributed by atoms with Crippen LogP contribution in [0.3, 0.4) is 0 Å². The summed E-state index contributed by atoms with van der Waals surface area (Å²) in [5.74, 6) is -0.798. The number of ketones is 1. The van der Waals surface area contributed by atoms with Crippen LogP contribution in [0.2, 0.25) is 0 Å². The standard InChI is InChI=1S/C18H19BrN2O3/c1-11-16(12(2)21(4)20-11)9-10-17(22)24-13(3)18(23)14-5-7-15(19)8-6-14/h5-10,13H,1-4H3/b10-9+/t13-/m1/s1. The van der Waals surface area contributed by atoms with Gasteiger partial charge in [0.05, 0.1) is 5.69 Å². The van der Waals surface area contributed by atoms with Gasteiger partial charge in [-0.3, -0.25) is 9.48 Å². The predicted molar refractivity (Wildman–Crippen MR) is 95.7 cm³/mol. The van der Waals surface area contributed by atoms with Gasteiger partial charge in [-0.2, -0.15) is 5.10 Å². The van der Waals surface area contributed by atoms with Crippen LogP contribution in [0.25, 0.3) is 6.08 Å². The number of benzene rings is 1. The number of esters is 1. The summed E-state index contributed by atoms with van der Waals surface area (Å²) in [4.78, 5) is 24.2. The Balaban J connectivity index is 2.02.